The SMILES string of the molecule is CCC(NC(=O)CCc1nc(-c2cccs2)no1)c1ccc(Cl)cc1. The summed E-state index contributed by atoms with van der Waals surface area (Å²) in [4.78, 5) is 17.5. The van der Waals surface area contributed by atoms with Gasteiger partial charge in [-0.3, -0.25) is 4.79 Å². The fourth-order valence-corrected chi connectivity index (χ4v) is 3.24. The van der Waals surface area contributed by atoms with E-state index in [4.69, 9.17) is 16.1 Å². The second-order valence-corrected chi connectivity index (χ2v) is 6.95. The zero-order valence-corrected chi connectivity index (χ0v) is 15.3. The number of nitrogens with one attached hydrogen (secondary N) is 1. The van der Waals surface area contributed by atoms with Crippen LogP contribution in [0.15, 0.2) is 46.3 Å². The molecule has 3 rings (SSSR count). The highest BCUT2D eigenvalue weighted by atomic mass is 35.5. The molecule has 0 fully saturated rings. The summed E-state index contributed by atoms with van der Waals surface area (Å²) in [6.45, 7) is 2.03. The number of thiophene rings is 1. The average molecular weight is 376 g/mol. The molecule has 0 saturated carbocycles. The van der Waals surface area contributed by atoms with Crippen molar-refractivity contribution in [2.75, 3.05) is 0 Å². The quantitative estimate of drug-likeness (QED) is 0.652. The van der Waals surface area contributed by atoms with Gasteiger partial charge in [-0.2, -0.15) is 4.98 Å². The Morgan fingerprint density at radius 2 is 2.12 bits per heavy atom. The Kier molecular flexibility index (Phi) is 5.83. The minimum atomic E-state index is -0.0438. The molecule has 2 heterocycles. The van der Waals surface area contributed by atoms with Crippen molar-refractivity contribution >= 4 is 28.8 Å². The highest BCUT2D eigenvalue weighted by Crippen LogP contribution is 2.22. The van der Waals surface area contributed by atoms with E-state index in [0.29, 0.717) is 29.6 Å². The van der Waals surface area contributed by atoms with Crippen LogP contribution in [0.25, 0.3) is 10.7 Å². The number of carbonyl (C=O) groups is 1. The smallest absolute Gasteiger partial charge is 0.227 e. The van der Waals surface area contributed by atoms with E-state index in [2.05, 4.69) is 15.5 Å². The van der Waals surface area contributed by atoms with Gasteiger partial charge in [-0.25, -0.2) is 0 Å². The summed E-state index contributed by atoms with van der Waals surface area (Å²) in [5.74, 6) is 0.994. The molecule has 1 unspecified atom stereocenters. The van der Waals surface area contributed by atoms with Crippen molar-refractivity contribution in [2.45, 2.75) is 32.2 Å². The van der Waals surface area contributed by atoms with E-state index in [0.717, 1.165) is 16.9 Å². The van der Waals surface area contributed by atoms with E-state index in [-0.39, 0.29) is 11.9 Å². The maximum absolute atomic E-state index is 12.2. The Balaban J connectivity index is 1.54. The van der Waals surface area contributed by atoms with Crippen LogP contribution in [0.5, 0.6) is 0 Å². The molecule has 0 bridgehead atoms. The van der Waals surface area contributed by atoms with Crippen LogP contribution in [-0.2, 0) is 11.2 Å². The van der Waals surface area contributed by atoms with E-state index < -0.39 is 0 Å². The first-order valence-corrected chi connectivity index (χ1v) is 9.32. The Labute approximate surface area is 155 Å². The lowest BCUT2D eigenvalue weighted by Gasteiger charge is -2.17. The van der Waals surface area contributed by atoms with Crippen molar-refractivity contribution in [1.82, 2.24) is 15.5 Å². The summed E-state index contributed by atoms with van der Waals surface area (Å²) >= 11 is 7.46. The Bertz CT molecular complexity index is 815. The third-order valence-corrected chi connectivity index (χ3v) is 4.91. The van der Waals surface area contributed by atoms with Gasteiger partial charge < -0.3 is 9.84 Å². The molecule has 0 aliphatic carbocycles. The average Bonchev–Trinajstić information content (AvgIpc) is 3.30. The molecule has 0 radical (unpaired) electrons. The summed E-state index contributed by atoms with van der Waals surface area (Å²) < 4.78 is 5.22. The normalized spacial score (nSPS) is 12.1. The van der Waals surface area contributed by atoms with Crippen molar-refractivity contribution in [3.05, 3.63) is 58.3 Å². The number of amides is 1. The van der Waals surface area contributed by atoms with Crippen molar-refractivity contribution in [1.29, 1.82) is 0 Å². The zero-order valence-electron chi connectivity index (χ0n) is 13.7. The molecular weight excluding hydrogens is 358 g/mol. The van der Waals surface area contributed by atoms with Crippen LogP contribution in [0.1, 0.15) is 37.3 Å². The van der Waals surface area contributed by atoms with Crippen molar-refractivity contribution in [3.8, 4) is 10.7 Å². The van der Waals surface area contributed by atoms with Gasteiger partial charge in [-0.1, -0.05) is 41.9 Å². The van der Waals surface area contributed by atoms with Gasteiger partial charge in [0.05, 0.1) is 10.9 Å². The second kappa shape index (κ2) is 8.27. The van der Waals surface area contributed by atoms with Crippen LogP contribution in [0.3, 0.4) is 0 Å². The summed E-state index contributed by atoms with van der Waals surface area (Å²) in [5.41, 5.74) is 1.04. The number of rotatable bonds is 7. The molecule has 130 valence electrons. The van der Waals surface area contributed by atoms with E-state index in [1.54, 1.807) is 11.3 Å². The van der Waals surface area contributed by atoms with Crippen LogP contribution < -0.4 is 5.32 Å². The molecule has 0 saturated heterocycles. The van der Waals surface area contributed by atoms with Gasteiger partial charge >= 0.3 is 0 Å². The van der Waals surface area contributed by atoms with Gasteiger partial charge in [0.1, 0.15) is 0 Å². The molecule has 0 aliphatic rings. The topological polar surface area (TPSA) is 68.0 Å². The molecule has 5 nitrogen and oxygen atoms in total. The molecule has 25 heavy (non-hydrogen) atoms. The van der Waals surface area contributed by atoms with Gasteiger partial charge in [0.25, 0.3) is 0 Å². The molecule has 3 aromatic rings. The Morgan fingerprint density at radius 3 is 2.80 bits per heavy atom. The highest BCUT2D eigenvalue weighted by molar-refractivity contribution is 7.13. The predicted octanol–water partition coefficient (Wildman–Crippen LogP) is 4.65. The maximum atomic E-state index is 12.2. The molecule has 1 N–H and O–H groups in total. The predicted molar refractivity (Wildman–Crippen MR) is 98.6 cm³/mol. The maximum Gasteiger partial charge on any atom is 0.227 e. The molecule has 1 amide bonds. The summed E-state index contributed by atoms with van der Waals surface area (Å²) in [6.07, 6.45) is 1.52. The number of nitrogens with zero attached hydrogens (tertiary/aromatic N) is 2. The number of aryl methyl sites for hydroxylation is 1. The molecule has 1 atom stereocenters. The van der Waals surface area contributed by atoms with Crippen molar-refractivity contribution in [3.63, 3.8) is 0 Å². The van der Waals surface area contributed by atoms with Crippen LogP contribution in [-0.4, -0.2) is 16.0 Å². The minimum absolute atomic E-state index is 0.0332. The first-order valence-electron chi connectivity index (χ1n) is 8.07. The number of aromatic nitrogens is 2. The fourth-order valence-electron chi connectivity index (χ4n) is 2.47. The Hall–Kier alpha value is -2.18. The number of carbonyl (C=O) groups excluding carboxylic acids is 1. The summed E-state index contributed by atoms with van der Waals surface area (Å²) in [5, 5.41) is 9.63. The zero-order chi connectivity index (χ0) is 17.6. The van der Waals surface area contributed by atoms with Crippen molar-refractivity contribution in [2.24, 2.45) is 0 Å². The monoisotopic (exact) mass is 375 g/mol. The van der Waals surface area contributed by atoms with Crippen LogP contribution in [0, 0.1) is 0 Å². The lowest BCUT2D eigenvalue weighted by atomic mass is 10.0. The van der Waals surface area contributed by atoms with Crippen LogP contribution >= 0.6 is 22.9 Å². The fraction of sp³-hybridized carbons (Fsp3) is 0.278. The first-order chi connectivity index (χ1) is 12.2. The molecule has 0 spiro atoms. The van der Waals surface area contributed by atoms with E-state index in [1.807, 2.05) is 48.7 Å². The number of halogens is 1. The van der Waals surface area contributed by atoms with Crippen LogP contribution in [0.2, 0.25) is 5.02 Å². The van der Waals surface area contributed by atoms with Gasteiger partial charge in [-0.15, -0.1) is 11.3 Å². The largest absolute Gasteiger partial charge is 0.349 e. The summed E-state index contributed by atoms with van der Waals surface area (Å²) in [7, 11) is 0. The molecular formula is C18H18ClN3O2S. The van der Waals surface area contributed by atoms with Crippen molar-refractivity contribution < 1.29 is 9.32 Å². The third-order valence-electron chi connectivity index (χ3n) is 3.79. The molecule has 2 aromatic heterocycles. The lowest BCUT2D eigenvalue weighted by molar-refractivity contribution is -0.121. The van der Waals surface area contributed by atoms with Gasteiger partial charge in [-0.05, 0) is 35.6 Å². The van der Waals surface area contributed by atoms with E-state index in [1.165, 1.54) is 0 Å². The van der Waals surface area contributed by atoms with Gasteiger partial charge in [0.2, 0.25) is 17.6 Å². The Morgan fingerprint density at radius 1 is 1.32 bits per heavy atom. The van der Waals surface area contributed by atoms with Gasteiger partial charge in [0, 0.05) is 17.9 Å². The second-order valence-electron chi connectivity index (χ2n) is 5.57. The third kappa shape index (κ3) is 4.67. The highest BCUT2D eigenvalue weighted by Gasteiger charge is 2.15. The van der Waals surface area contributed by atoms with E-state index in [9.17, 15) is 4.79 Å². The van der Waals surface area contributed by atoms with Gasteiger partial charge in [0.15, 0.2) is 0 Å². The van der Waals surface area contributed by atoms with E-state index >= 15 is 0 Å². The molecule has 0 aliphatic heterocycles. The van der Waals surface area contributed by atoms with Crippen LogP contribution in [0.4, 0.5) is 0 Å². The molecule has 1 aromatic carbocycles. The standard InChI is InChI=1S/C18H18ClN3O2S/c1-2-14(12-5-7-13(19)8-6-12)20-16(23)9-10-17-21-18(22-24-17)15-4-3-11-25-15/h3-8,11,14H,2,9-10H2,1H3,(H,20,23). The summed E-state index contributed by atoms with van der Waals surface area (Å²) in [6, 6.07) is 11.4. The molecule has 7 heteroatoms. The first kappa shape index (κ1) is 17.6. The minimum Gasteiger partial charge on any atom is -0.349 e. The number of hydrogen-bond donors (Lipinski definition) is 1. The lowest BCUT2D eigenvalue weighted by Crippen LogP contribution is -2.28. The number of hydrogen-bond acceptors (Lipinski definition) is 5. The number of benzene rings is 1.